The van der Waals surface area contributed by atoms with Gasteiger partial charge in [-0.3, -0.25) is 4.90 Å². The summed E-state index contributed by atoms with van der Waals surface area (Å²) in [5.74, 6) is -0.567. The Morgan fingerprint density at radius 1 is 1.26 bits per heavy atom. The third-order valence-electron chi connectivity index (χ3n) is 6.65. The van der Waals surface area contributed by atoms with Gasteiger partial charge in [-0.1, -0.05) is 18.6 Å². The van der Waals surface area contributed by atoms with E-state index >= 15 is 0 Å². The van der Waals surface area contributed by atoms with Crippen molar-refractivity contribution in [1.29, 1.82) is 0 Å². The number of rotatable bonds is 3. The van der Waals surface area contributed by atoms with Gasteiger partial charge in [-0.05, 0) is 37.9 Å². The molecule has 3 heterocycles. The third kappa shape index (κ3) is 4.28. The highest BCUT2D eigenvalue weighted by Gasteiger charge is 2.46. The van der Waals surface area contributed by atoms with Crippen LogP contribution in [0.4, 0.5) is 13.2 Å². The number of methoxy groups -OCH3 is 1. The summed E-state index contributed by atoms with van der Waals surface area (Å²) in [7, 11) is 1.75. The van der Waals surface area contributed by atoms with Crippen LogP contribution < -0.4 is 4.74 Å². The van der Waals surface area contributed by atoms with Gasteiger partial charge in [0.2, 0.25) is 0 Å². The number of carbonyl (C=O) groups is 1. The maximum absolute atomic E-state index is 10.6. The summed E-state index contributed by atoms with van der Waals surface area (Å²) in [6, 6.07) is 9.15. The lowest BCUT2D eigenvalue weighted by atomic mass is 9.85. The molecule has 1 saturated heterocycles. The topological polar surface area (TPSA) is 67.6 Å². The van der Waals surface area contributed by atoms with Gasteiger partial charge in [0.1, 0.15) is 11.6 Å². The summed E-state index contributed by atoms with van der Waals surface area (Å²) in [5.41, 5.74) is 2.78. The van der Waals surface area contributed by atoms with E-state index in [0.717, 1.165) is 30.3 Å². The number of hydrogen-bond acceptors (Lipinski definition) is 4. The monoisotopic (exact) mass is 437 g/mol. The fourth-order valence-corrected chi connectivity index (χ4v) is 4.84. The Labute approximate surface area is 178 Å². The molecule has 9 heteroatoms. The lowest BCUT2D eigenvalue weighted by Crippen LogP contribution is -2.40. The van der Waals surface area contributed by atoms with Crippen LogP contribution in [0.5, 0.6) is 5.75 Å². The van der Waals surface area contributed by atoms with E-state index in [4.69, 9.17) is 19.6 Å². The molecular weight excluding hydrogens is 411 g/mol. The second-order valence-electron chi connectivity index (χ2n) is 8.63. The van der Waals surface area contributed by atoms with Gasteiger partial charge in [0.25, 0.3) is 0 Å². The average Bonchev–Trinajstić information content (AvgIpc) is 3.35. The third-order valence-corrected chi connectivity index (χ3v) is 6.65. The molecule has 2 fully saturated rings. The zero-order valence-electron chi connectivity index (χ0n) is 17.4. The quantitative estimate of drug-likeness (QED) is 0.787. The highest BCUT2D eigenvalue weighted by Crippen LogP contribution is 2.45. The SMILES string of the molecule is COc1ccccc1-c1cnc2n1CC1(CCN(C3CCC3)C1)C2.O=C(O)C(F)(F)F. The van der Waals surface area contributed by atoms with E-state index in [1.165, 1.54) is 50.3 Å². The number of alkyl halides is 3. The van der Waals surface area contributed by atoms with Crippen molar-refractivity contribution in [2.24, 2.45) is 5.41 Å². The van der Waals surface area contributed by atoms with Crippen molar-refractivity contribution in [1.82, 2.24) is 14.5 Å². The molecule has 2 aliphatic heterocycles. The second-order valence-corrected chi connectivity index (χ2v) is 8.63. The van der Waals surface area contributed by atoms with Gasteiger partial charge < -0.3 is 14.4 Å². The van der Waals surface area contributed by atoms with E-state index < -0.39 is 12.1 Å². The number of ether oxygens (including phenoxy) is 1. The number of nitrogens with zero attached hydrogens (tertiary/aromatic N) is 3. The fraction of sp³-hybridized carbons (Fsp3) is 0.545. The normalized spacial score (nSPS) is 23.2. The molecule has 31 heavy (non-hydrogen) atoms. The molecule has 6 nitrogen and oxygen atoms in total. The lowest BCUT2D eigenvalue weighted by molar-refractivity contribution is -0.192. The van der Waals surface area contributed by atoms with Crippen LogP contribution in [-0.4, -0.2) is 57.9 Å². The molecule has 2 aromatic rings. The van der Waals surface area contributed by atoms with Gasteiger partial charge in [-0.2, -0.15) is 13.2 Å². The van der Waals surface area contributed by atoms with Crippen LogP contribution in [0.3, 0.4) is 0 Å². The van der Waals surface area contributed by atoms with Crippen molar-refractivity contribution in [3.63, 3.8) is 0 Å². The maximum atomic E-state index is 10.6. The summed E-state index contributed by atoms with van der Waals surface area (Å²) < 4.78 is 39.7. The number of para-hydroxylation sites is 1. The van der Waals surface area contributed by atoms with Crippen LogP contribution in [0.1, 0.15) is 31.5 Å². The van der Waals surface area contributed by atoms with Gasteiger partial charge in [0.05, 0.1) is 19.0 Å². The number of likely N-dealkylation sites (tertiary alicyclic amines) is 1. The summed E-state index contributed by atoms with van der Waals surface area (Å²) in [5, 5.41) is 7.12. The molecule has 1 aliphatic carbocycles. The van der Waals surface area contributed by atoms with E-state index in [2.05, 4.69) is 21.6 Å². The molecular formula is C22H26F3N3O3. The molecule has 1 aromatic heterocycles. The highest BCUT2D eigenvalue weighted by molar-refractivity contribution is 5.73. The summed E-state index contributed by atoms with van der Waals surface area (Å²) >= 11 is 0. The van der Waals surface area contributed by atoms with Gasteiger partial charge in [-0.15, -0.1) is 0 Å². The Kier molecular flexibility index (Phi) is 5.72. The average molecular weight is 437 g/mol. The van der Waals surface area contributed by atoms with E-state index in [9.17, 15) is 13.2 Å². The predicted octanol–water partition coefficient (Wildman–Crippen LogP) is 3.99. The van der Waals surface area contributed by atoms with Crippen molar-refractivity contribution < 1.29 is 27.8 Å². The molecule has 1 saturated carbocycles. The van der Waals surface area contributed by atoms with Crippen LogP contribution >= 0.6 is 0 Å². The molecule has 5 rings (SSSR count). The number of hydrogen-bond donors (Lipinski definition) is 1. The first-order valence-corrected chi connectivity index (χ1v) is 10.4. The lowest BCUT2D eigenvalue weighted by Gasteiger charge is -2.35. The number of halogens is 3. The van der Waals surface area contributed by atoms with Crippen LogP contribution in [0.2, 0.25) is 0 Å². The zero-order valence-corrected chi connectivity index (χ0v) is 17.4. The molecule has 1 spiro atoms. The molecule has 0 bridgehead atoms. The summed E-state index contributed by atoms with van der Waals surface area (Å²) in [4.78, 5) is 16.4. The predicted molar refractivity (Wildman–Crippen MR) is 108 cm³/mol. The first kappa shape index (κ1) is 21.7. The number of aliphatic carboxylic acids is 1. The smallest absolute Gasteiger partial charge is 0.490 e. The number of aromatic nitrogens is 2. The minimum absolute atomic E-state index is 0.413. The molecule has 168 valence electrons. The number of carboxylic acids is 1. The van der Waals surface area contributed by atoms with E-state index in [1.54, 1.807) is 7.11 Å². The summed E-state index contributed by atoms with van der Waals surface area (Å²) in [6.45, 7) is 3.64. The van der Waals surface area contributed by atoms with Crippen molar-refractivity contribution in [2.75, 3.05) is 20.2 Å². The number of carboxylic acid groups (broad SMARTS) is 1. The Balaban J connectivity index is 0.000000289. The Morgan fingerprint density at radius 3 is 2.58 bits per heavy atom. The van der Waals surface area contributed by atoms with Crippen molar-refractivity contribution in [3.8, 4) is 17.0 Å². The van der Waals surface area contributed by atoms with Crippen molar-refractivity contribution in [2.45, 2.75) is 50.9 Å². The summed E-state index contributed by atoms with van der Waals surface area (Å²) in [6.07, 6.45) is 3.64. The van der Waals surface area contributed by atoms with Crippen molar-refractivity contribution >= 4 is 5.97 Å². The number of fused-ring (bicyclic) bond motifs is 1. The van der Waals surface area contributed by atoms with Crippen molar-refractivity contribution in [3.05, 3.63) is 36.3 Å². The molecule has 1 unspecified atom stereocenters. The molecule has 0 radical (unpaired) electrons. The maximum Gasteiger partial charge on any atom is 0.490 e. The number of imidazole rings is 1. The van der Waals surface area contributed by atoms with Gasteiger partial charge in [0.15, 0.2) is 0 Å². The molecule has 3 aliphatic rings. The highest BCUT2D eigenvalue weighted by atomic mass is 19.4. The van der Waals surface area contributed by atoms with E-state index in [1.807, 2.05) is 18.3 Å². The Hall–Kier alpha value is -2.55. The van der Waals surface area contributed by atoms with Gasteiger partial charge in [-0.25, -0.2) is 9.78 Å². The van der Waals surface area contributed by atoms with E-state index in [-0.39, 0.29) is 0 Å². The first-order chi connectivity index (χ1) is 14.7. The minimum atomic E-state index is -5.08. The van der Waals surface area contributed by atoms with Crippen LogP contribution in [0.25, 0.3) is 11.3 Å². The largest absolute Gasteiger partial charge is 0.496 e. The van der Waals surface area contributed by atoms with Gasteiger partial charge >= 0.3 is 12.1 Å². The second kappa shape index (κ2) is 8.18. The van der Waals surface area contributed by atoms with Crippen LogP contribution in [0.15, 0.2) is 30.5 Å². The standard InChI is InChI=1S/C20H25N3O.C2HF3O2/c1-24-18-8-3-2-7-16(18)17-12-21-19-11-20(14-23(17)19)9-10-22(13-20)15-5-4-6-15;3-2(4,5)1(6)7/h2-3,7-8,12,15H,4-6,9-11,13-14H2,1H3;(H,6,7). The fourth-order valence-electron chi connectivity index (χ4n) is 4.84. The Bertz CT molecular complexity index is 955. The molecule has 1 atom stereocenters. The molecule has 1 aromatic carbocycles. The first-order valence-electron chi connectivity index (χ1n) is 10.4. The molecule has 0 amide bonds. The Morgan fingerprint density at radius 2 is 1.97 bits per heavy atom. The minimum Gasteiger partial charge on any atom is -0.496 e. The van der Waals surface area contributed by atoms with Gasteiger partial charge in [0, 0.05) is 36.5 Å². The zero-order chi connectivity index (χ0) is 22.2. The van der Waals surface area contributed by atoms with E-state index in [0.29, 0.717) is 5.41 Å². The molecule has 1 N–H and O–H groups in total. The number of benzene rings is 1. The van der Waals surface area contributed by atoms with Crippen LogP contribution in [-0.2, 0) is 17.8 Å². The van der Waals surface area contributed by atoms with Crippen LogP contribution in [0, 0.1) is 5.41 Å².